The van der Waals surface area contributed by atoms with Crippen LogP contribution in [0.1, 0.15) is 24.4 Å². The number of nitrogens with zero attached hydrogens (tertiary/aromatic N) is 2. The lowest BCUT2D eigenvalue weighted by atomic mass is 10.0. The Kier molecular flexibility index (Phi) is 4.20. The average molecular weight is 287 g/mol. The number of amides is 2. The molecule has 0 bridgehead atoms. The van der Waals surface area contributed by atoms with Crippen molar-refractivity contribution in [2.24, 2.45) is 0 Å². The summed E-state index contributed by atoms with van der Waals surface area (Å²) >= 11 is 0. The minimum Gasteiger partial charge on any atom is -0.338 e. The number of hydrogen-bond donors (Lipinski definition) is 1. The maximum atomic E-state index is 12.4. The average Bonchev–Trinajstić information content (AvgIpc) is 2.93. The van der Waals surface area contributed by atoms with Crippen molar-refractivity contribution in [3.8, 4) is 0 Å². The van der Waals surface area contributed by atoms with E-state index in [1.807, 2.05) is 23.1 Å². The van der Waals surface area contributed by atoms with Gasteiger partial charge in [0.15, 0.2) is 0 Å². The maximum absolute atomic E-state index is 12.4. The van der Waals surface area contributed by atoms with Gasteiger partial charge in [-0.2, -0.15) is 0 Å². The highest BCUT2D eigenvalue weighted by atomic mass is 16.2. The van der Waals surface area contributed by atoms with Crippen molar-refractivity contribution in [2.45, 2.75) is 18.9 Å². The van der Waals surface area contributed by atoms with Gasteiger partial charge < -0.3 is 15.1 Å². The van der Waals surface area contributed by atoms with E-state index in [1.54, 1.807) is 4.90 Å². The minimum absolute atomic E-state index is 0.0627. The number of carbonyl (C=O) groups excluding carboxylic acids is 2. The zero-order valence-electron chi connectivity index (χ0n) is 12.1. The molecular formula is C16H21N3O2. The summed E-state index contributed by atoms with van der Waals surface area (Å²) in [7, 11) is 0. The van der Waals surface area contributed by atoms with E-state index in [9.17, 15) is 9.59 Å². The van der Waals surface area contributed by atoms with Gasteiger partial charge in [0.05, 0.1) is 6.54 Å². The van der Waals surface area contributed by atoms with Crippen molar-refractivity contribution in [1.82, 2.24) is 15.1 Å². The van der Waals surface area contributed by atoms with Gasteiger partial charge >= 0.3 is 0 Å². The predicted octanol–water partition coefficient (Wildman–Crippen LogP) is 0.782. The second-order valence-corrected chi connectivity index (χ2v) is 5.68. The quantitative estimate of drug-likeness (QED) is 0.894. The summed E-state index contributed by atoms with van der Waals surface area (Å²) in [6, 6.07) is 10.4. The van der Waals surface area contributed by atoms with Crippen LogP contribution >= 0.6 is 0 Å². The third kappa shape index (κ3) is 3.24. The van der Waals surface area contributed by atoms with Crippen LogP contribution in [0.25, 0.3) is 0 Å². The zero-order valence-corrected chi connectivity index (χ0v) is 12.1. The smallest absolute Gasteiger partial charge is 0.242 e. The van der Waals surface area contributed by atoms with Gasteiger partial charge in [0.2, 0.25) is 11.8 Å². The first kappa shape index (κ1) is 14.1. The number of benzene rings is 1. The van der Waals surface area contributed by atoms with Crippen molar-refractivity contribution in [1.29, 1.82) is 0 Å². The predicted molar refractivity (Wildman–Crippen MR) is 79.6 cm³/mol. The van der Waals surface area contributed by atoms with Crippen LogP contribution in [0.5, 0.6) is 0 Å². The Hall–Kier alpha value is -1.88. The molecule has 2 aliphatic heterocycles. The Morgan fingerprint density at radius 3 is 2.76 bits per heavy atom. The lowest BCUT2D eigenvalue weighted by Gasteiger charge is -2.34. The van der Waals surface area contributed by atoms with Crippen LogP contribution < -0.4 is 5.32 Å². The van der Waals surface area contributed by atoms with Crippen molar-refractivity contribution in [2.75, 3.05) is 32.7 Å². The van der Waals surface area contributed by atoms with E-state index < -0.39 is 0 Å². The van der Waals surface area contributed by atoms with Crippen molar-refractivity contribution < 1.29 is 9.59 Å². The lowest BCUT2D eigenvalue weighted by molar-refractivity contribution is -0.139. The first-order chi connectivity index (χ1) is 10.2. The SMILES string of the molecule is O=C1CCCN1CC(=O)N1CCNC(c2ccccc2)C1. The number of nitrogens with one attached hydrogen (secondary N) is 1. The highest BCUT2D eigenvalue weighted by molar-refractivity contribution is 5.86. The summed E-state index contributed by atoms with van der Waals surface area (Å²) in [4.78, 5) is 27.6. The molecule has 5 heteroatoms. The Labute approximate surface area is 124 Å². The molecule has 1 atom stereocenters. The monoisotopic (exact) mass is 287 g/mol. The molecule has 1 aromatic carbocycles. The van der Waals surface area contributed by atoms with Crippen LogP contribution in [0.15, 0.2) is 30.3 Å². The first-order valence-corrected chi connectivity index (χ1v) is 7.58. The van der Waals surface area contributed by atoms with Crippen LogP contribution in [0.3, 0.4) is 0 Å². The Morgan fingerprint density at radius 2 is 2.05 bits per heavy atom. The highest BCUT2D eigenvalue weighted by Gasteiger charge is 2.28. The van der Waals surface area contributed by atoms with Crippen LogP contribution in [-0.4, -0.2) is 54.3 Å². The number of rotatable bonds is 3. The van der Waals surface area contributed by atoms with Crippen LogP contribution in [0.4, 0.5) is 0 Å². The van der Waals surface area contributed by atoms with Crippen molar-refractivity contribution in [3.05, 3.63) is 35.9 Å². The van der Waals surface area contributed by atoms with Gasteiger partial charge in [-0.05, 0) is 12.0 Å². The standard InChI is InChI=1S/C16H21N3O2/c20-15-7-4-9-18(15)12-16(21)19-10-8-17-14(11-19)13-5-2-1-3-6-13/h1-3,5-6,14,17H,4,7-12H2. The number of likely N-dealkylation sites (tertiary alicyclic amines) is 1. The van der Waals surface area contributed by atoms with Gasteiger partial charge in [-0.25, -0.2) is 0 Å². The molecule has 1 aromatic rings. The molecule has 21 heavy (non-hydrogen) atoms. The van der Waals surface area contributed by atoms with E-state index in [0.29, 0.717) is 19.5 Å². The van der Waals surface area contributed by atoms with Gasteiger partial charge in [0.25, 0.3) is 0 Å². The summed E-state index contributed by atoms with van der Waals surface area (Å²) in [5.41, 5.74) is 1.20. The fourth-order valence-electron chi connectivity index (χ4n) is 3.02. The van der Waals surface area contributed by atoms with Gasteiger partial charge in [-0.15, -0.1) is 0 Å². The molecule has 2 saturated heterocycles. The zero-order chi connectivity index (χ0) is 14.7. The molecular weight excluding hydrogens is 266 g/mol. The van der Waals surface area contributed by atoms with Crippen LogP contribution in [0.2, 0.25) is 0 Å². The van der Waals surface area contributed by atoms with Gasteiger partial charge in [0, 0.05) is 38.6 Å². The molecule has 3 rings (SSSR count). The molecule has 0 spiro atoms. The van der Waals surface area contributed by atoms with Gasteiger partial charge in [-0.3, -0.25) is 9.59 Å². The molecule has 1 unspecified atom stereocenters. The first-order valence-electron chi connectivity index (χ1n) is 7.58. The summed E-state index contributed by atoms with van der Waals surface area (Å²) < 4.78 is 0. The molecule has 0 aromatic heterocycles. The van der Waals surface area contributed by atoms with E-state index in [2.05, 4.69) is 17.4 Å². The lowest BCUT2D eigenvalue weighted by Crippen LogP contribution is -2.51. The maximum Gasteiger partial charge on any atom is 0.242 e. The topological polar surface area (TPSA) is 52.7 Å². The second-order valence-electron chi connectivity index (χ2n) is 5.68. The molecule has 2 heterocycles. The summed E-state index contributed by atoms with van der Waals surface area (Å²) in [6.45, 7) is 3.13. The van der Waals surface area contributed by atoms with Crippen LogP contribution in [0, 0.1) is 0 Å². The molecule has 0 saturated carbocycles. The summed E-state index contributed by atoms with van der Waals surface area (Å²) in [6.07, 6.45) is 1.46. The Morgan fingerprint density at radius 1 is 1.24 bits per heavy atom. The normalized spacial score (nSPS) is 22.7. The molecule has 2 amide bonds. The molecule has 2 aliphatic rings. The fraction of sp³-hybridized carbons (Fsp3) is 0.500. The van der Waals surface area contributed by atoms with Crippen molar-refractivity contribution in [3.63, 3.8) is 0 Å². The molecule has 2 fully saturated rings. The largest absolute Gasteiger partial charge is 0.338 e. The van der Waals surface area contributed by atoms with E-state index in [1.165, 1.54) is 5.56 Å². The third-order valence-electron chi connectivity index (χ3n) is 4.23. The minimum atomic E-state index is 0.0627. The molecule has 0 radical (unpaired) electrons. The van der Waals surface area contributed by atoms with Crippen molar-refractivity contribution >= 4 is 11.8 Å². The van der Waals surface area contributed by atoms with Gasteiger partial charge in [-0.1, -0.05) is 30.3 Å². The van der Waals surface area contributed by atoms with E-state index in [0.717, 1.165) is 19.5 Å². The third-order valence-corrected chi connectivity index (χ3v) is 4.23. The highest BCUT2D eigenvalue weighted by Crippen LogP contribution is 2.17. The number of carbonyl (C=O) groups is 2. The Balaban J connectivity index is 1.60. The van der Waals surface area contributed by atoms with E-state index >= 15 is 0 Å². The number of hydrogen-bond acceptors (Lipinski definition) is 3. The van der Waals surface area contributed by atoms with Gasteiger partial charge in [0.1, 0.15) is 0 Å². The number of piperazine rings is 1. The van der Waals surface area contributed by atoms with E-state index in [4.69, 9.17) is 0 Å². The Bertz CT molecular complexity index is 518. The summed E-state index contributed by atoms with van der Waals surface area (Å²) in [5, 5.41) is 3.45. The van der Waals surface area contributed by atoms with E-state index in [-0.39, 0.29) is 24.4 Å². The van der Waals surface area contributed by atoms with Crippen LogP contribution in [-0.2, 0) is 9.59 Å². The molecule has 1 N–H and O–H groups in total. The molecule has 0 aliphatic carbocycles. The molecule has 112 valence electrons. The summed E-state index contributed by atoms with van der Waals surface area (Å²) in [5.74, 6) is 0.172. The second kappa shape index (κ2) is 6.26. The molecule has 5 nitrogen and oxygen atoms in total. The fourth-order valence-corrected chi connectivity index (χ4v) is 3.02.